The van der Waals surface area contributed by atoms with Crippen molar-refractivity contribution in [3.05, 3.63) is 22.7 Å². The quantitative estimate of drug-likeness (QED) is 0.757. The molecule has 1 unspecified atom stereocenters. The van der Waals surface area contributed by atoms with Gasteiger partial charge in [-0.3, -0.25) is 4.79 Å². The van der Waals surface area contributed by atoms with Gasteiger partial charge in [0.25, 0.3) is 5.91 Å². The number of hydrogen-bond donors (Lipinski definition) is 2. The number of ether oxygens (including phenoxy) is 3. The molecular weight excluding hydrogens is 298 g/mol. The van der Waals surface area contributed by atoms with Crippen molar-refractivity contribution in [3.63, 3.8) is 0 Å². The molecule has 0 fully saturated rings. The standard InChI is InChI=1S/C14H20ClNO5/c1-9(7-19-2)16-13(18)8-21-14-10(6-17)4-11(15)5-12(14)20-3/h4-5,9,17H,6-8H2,1-3H3,(H,16,18). The molecule has 0 heterocycles. The average molecular weight is 318 g/mol. The van der Waals surface area contributed by atoms with E-state index in [4.69, 9.17) is 25.8 Å². The first-order valence-electron chi connectivity index (χ1n) is 6.40. The number of hydrogen-bond acceptors (Lipinski definition) is 5. The Kier molecular flexibility index (Phi) is 7.28. The van der Waals surface area contributed by atoms with Crippen LogP contribution in [0.15, 0.2) is 12.1 Å². The molecule has 1 atom stereocenters. The first-order valence-corrected chi connectivity index (χ1v) is 6.78. The maximum Gasteiger partial charge on any atom is 0.258 e. The van der Waals surface area contributed by atoms with Crippen LogP contribution in [0.25, 0.3) is 0 Å². The Morgan fingerprint density at radius 2 is 2.14 bits per heavy atom. The van der Waals surface area contributed by atoms with Crippen molar-refractivity contribution >= 4 is 17.5 Å². The van der Waals surface area contributed by atoms with Gasteiger partial charge in [-0.25, -0.2) is 0 Å². The summed E-state index contributed by atoms with van der Waals surface area (Å²) in [5.74, 6) is 0.378. The maximum atomic E-state index is 11.7. The topological polar surface area (TPSA) is 77.0 Å². The zero-order valence-corrected chi connectivity index (χ0v) is 13.1. The van der Waals surface area contributed by atoms with Gasteiger partial charge in [0.05, 0.1) is 20.3 Å². The molecule has 2 N–H and O–H groups in total. The number of halogens is 1. The van der Waals surface area contributed by atoms with Crippen LogP contribution in [0.3, 0.4) is 0 Å². The van der Waals surface area contributed by atoms with E-state index >= 15 is 0 Å². The van der Waals surface area contributed by atoms with Gasteiger partial charge < -0.3 is 24.6 Å². The second kappa shape index (κ2) is 8.71. The van der Waals surface area contributed by atoms with Crippen LogP contribution in [-0.2, 0) is 16.1 Å². The molecule has 0 saturated carbocycles. The highest BCUT2D eigenvalue weighted by molar-refractivity contribution is 6.30. The van der Waals surface area contributed by atoms with Gasteiger partial charge in [0.1, 0.15) is 0 Å². The molecule has 6 nitrogen and oxygen atoms in total. The molecule has 1 aromatic carbocycles. The average Bonchev–Trinajstić information content (AvgIpc) is 2.44. The molecule has 0 spiro atoms. The number of aliphatic hydroxyl groups excluding tert-OH is 1. The van der Waals surface area contributed by atoms with E-state index in [-0.39, 0.29) is 25.2 Å². The number of nitrogens with one attached hydrogen (secondary N) is 1. The molecule has 1 aromatic rings. The molecule has 1 rings (SSSR count). The largest absolute Gasteiger partial charge is 0.493 e. The molecule has 0 radical (unpaired) electrons. The maximum absolute atomic E-state index is 11.7. The molecule has 7 heteroatoms. The molecule has 1 amide bonds. The van der Waals surface area contributed by atoms with Crippen LogP contribution in [0.1, 0.15) is 12.5 Å². The second-order valence-corrected chi connectivity index (χ2v) is 4.90. The van der Waals surface area contributed by atoms with Gasteiger partial charge in [-0.15, -0.1) is 0 Å². The van der Waals surface area contributed by atoms with Crippen molar-refractivity contribution in [2.45, 2.75) is 19.6 Å². The lowest BCUT2D eigenvalue weighted by Gasteiger charge is -2.16. The van der Waals surface area contributed by atoms with Gasteiger partial charge in [0.2, 0.25) is 0 Å². The van der Waals surface area contributed by atoms with Gasteiger partial charge in [-0.1, -0.05) is 11.6 Å². The third kappa shape index (κ3) is 5.41. The van der Waals surface area contributed by atoms with Crippen LogP contribution in [0, 0.1) is 0 Å². The minimum Gasteiger partial charge on any atom is -0.493 e. The number of carbonyl (C=O) groups is 1. The summed E-state index contributed by atoms with van der Waals surface area (Å²) in [5, 5.41) is 12.5. The number of rotatable bonds is 8. The second-order valence-electron chi connectivity index (χ2n) is 4.47. The molecule has 0 saturated heterocycles. The van der Waals surface area contributed by atoms with Crippen LogP contribution in [-0.4, -0.2) is 44.5 Å². The van der Waals surface area contributed by atoms with E-state index in [0.29, 0.717) is 28.7 Å². The van der Waals surface area contributed by atoms with Crippen molar-refractivity contribution < 1.29 is 24.1 Å². The predicted molar refractivity (Wildman–Crippen MR) is 78.9 cm³/mol. The fourth-order valence-electron chi connectivity index (χ4n) is 1.80. The van der Waals surface area contributed by atoms with E-state index in [2.05, 4.69) is 5.32 Å². The number of carbonyl (C=O) groups excluding carboxylic acids is 1. The van der Waals surface area contributed by atoms with Crippen molar-refractivity contribution in [1.82, 2.24) is 5.32 Å². The van der Waals surface area contributed by atoms with Crippen LogP contribution in [0.4, 0.5) is 0 Å². The summed E-state index contributed by atoms with van der Waals surface area (Å²) in [5.41, 5.74) is 0.456. The molecule has 0 aromatic heterocycles. The number of methoxy groups -OCH3 is 2. The Hall–Kier alpha value is -1.50. The Morgan fingerprint density at radius 3 is 2.71 bits per heavy atom. The van der Waals surface area contributed by atoms with Crippen molar-refractivity contribution in [2.24, 2.45) is 0 Å². The van der Waals surface area contributed by atoms with Crippen LogP contribution in [0.2, 0.25) is 5.02 Å². The van der Waals surface area contributed by atoms with Crippen molar-refractivity contribution in [1.29, 1.82) is 0 Å². The fourth-order valence-corrected chi connectivity index (χ4v) is 2.03. The third-order valence-corrected chi connectivity index (χ3v) is 2.88. The Morgan fingerprint density at radius 1 is 1.43 bits per heavy atom. The lowest BCUT2D eigenvalue weighted by Crippen LogP contribution is -2.38. The highest BCUT2D eigenvalue weighted by atomic mass is 35.5. The highest BCUT2D eigenvalue weighted by Gasteiger charge is 2.15. The number of aliphatic hydroxyl groups is 1. The SMILES string of the molecule is COCC(C)NC(=O)COc1c(CO)cc(Cl)cc1OC. The molecule has 0 aliphatic heterocycles. The van der Waals surface area contributed by atoms with E-state index in [9.17, 15) is 9.90 Å². The monoisotopic (exact) mass is 317 g/mol. The Bertz CT molecular complexity index is 455. The van der Waals surface area contributed by atoms with Crippen molar-refractivity contribution in [3.8, 4) is 11.5 Å². The van der Waals surface area contributed by atoms with E-state index < -0.39 is 0 Å². The molecule has 0 aliphatic carbocycles. The summed E-state index contributed by atoms with van der Waals surface area (Å²) in [6.07, 6.45) is 0. The van der Waals surface area contributed by atoms with Gasteiger partial charge in [0.15, 0.2) is 18.1 Å². The van der Waals surface area contributed by atoms with Crippen LogP contribution in [0.5, 0.6) is 11.5 Å². The predicted octanol–water partition coefficient (Wildman–Crippen LogP) is 1.37. The molecule has 21 heavy (non-hydrogen) atoms. The molecule has 0 bridgehead atoms. The van der Waals surface area contributed by atoms with E-state index in [0.717, 1.165) is 0 Å². The van der Waals surface area contributed by atoms with E-state index in [1.54, 1.807) is 19.2 Å². The van der Waals surface area contributed by atoms with E-state index in [1.807, 2.05) is 6.92 Å². The summed E-state index contributed by atoms with van der Waals surface area (Å²) >= 11 is 5.91. The summed E-state index contributed by atoms with van der Waals surface area (Å²) in [7, 11) is 3.02. The fraction of sp³-hybridized carbons (Fsp3) is 0.500. The zero-order valence-electron chi connectivity index (χ0n) is 12.3. The Labute approximate surface area is 129 Å². The zero-order chi connectivity index (χ0) is 15.8. The first-order chi connectivity index (χ1) is 10.0. The Balaban J connectivity index is 2.72. The minimum absolute atomic E-state index is 0.115. The van der Waals surface area contributed by atoms with Crippen LogP contribution >= 0.6 is 11.6 Å². The number of amides is 1. The summed E-state index contributed by atoms with van der Waals surface area (Å²) in [6.45, 7) is 1.77. The summed E-state index contributed by atoms with van der Waals surface area (Å²) in [4.78, 5) is 11.7. The first kappa shape index (κ1) is 17.6. The normalized spacial score (nSPS) is 11.9. The van der Waals surface area contributed by atoms with Gasteiger partial charge in [-0.05, 0) is 13.0 Å². The van der Waals surface area contributed by atoms with Gasteiger partial charge in [-0.2, -0.15) is 0 Å². The third-order valence-electron chi connectivity index (χ3n) is 2.66. The summed E-state index contributed by atoms with van der Waals surface area (Å²) in [6, 6.07) is 3.00. The highest BCUT2D eigenvalue weighted by Crippen LogP contribution is 2.34. The lowest BCUT2D eigenvalue weighted by molar-refractivity contribution is -0.124. The summed E-state index contributed by atoms with van der Waals surface area (Å²) < 4.78 is 15.5. The minimum atomic E-state index is -0.291. The van der Waals surface area contributed by atoms with Gasteiger partial charge in [0, 0.05) is 29.8 Å². The van der Waals surface area contributed by atoms with Gasteiger partial charge >= 0.3 is 0 Å². The molecular formula is C14H20ClNO5. The van der Waals surface area contributed by atoms with E-state index in [1.165, 1.54) is 7.11 Å². The lowest BCUT2D eigenvalue weighted by atomic mass is 10.2. The number of benzene rings is 1. The smallest absolute Gasteiger partial charge is 0.258 e. The molecule has 118 valence electrons. The van der Waals surface area contributed by atoms with Crippen LogP contribution < -0.4 is 14.8 Å². The molecule has 0 aliphatic rings. The van der Waals surface area contributed by atoms with Crippen molar-refractivity contribution in [2.75, 3.05) is 27.4 Å².